The largest absolute Gasteiger partial charge is 0.383 e. The van der Waals surface area contributed by atoms with Crippen molar-refractivity contribution in [2.24, 2.45) is 0 Å². The fourth-order valence-electron chi connectivity index (χ4n) is 1.83. The first-order chi connectivity index (χ1) is 7.99. The van der Waals surface area contributed by atoms with Gasteiger partial charge in [-0.2, -0.15) is 16.9 Å². The van der Waals surface area contributed by atoms with E-state index in [0.29, 0.717) is 6.54 Å². The minimum absolute atomic E-state index is 0.0214. The molecule has 2 rings (SSSR count). The summed E-state index contributed by atoms with van der Waals surface area (Å²) in [5.41, 5.74) is 5.50. The second-order valence-electron chi connectivity index (χ2n) is 4.21. The monoisotopic (exact) mass is 276 g/mol. The topological polar surface area (TPSA) is 101 Å². The summed E-state index contributed by atoms with van der Waals surface area (Å²) in [7, 11) is -3.55. The van der Waals surface area contributed by atoms with E-state index in [1.807, 2.05) is 6.26 Å². The molecule has 0 saturated heterocycles. The van der Waals surface area contributed by atoms with Crippen LogP contribution in [-0.2, 0) is 10.0 Å². The number of anilines is 1. The summed E-state index contributed by atoms with van der Waals surface area (Å²) in [6.07, 6.45) is 6.51. The molecule has 6 nitrogen and oxygen atoms in total. The number of nitrogens with one attached hydrogen (secondary N) is 2. The van der Waals surface area contributed by atoms with Gasteiger partial charge in [-0.05, 0) is 19.1 Å². The van der Waals surface area contributed by atoms with Crippen LogP contribution in [0, 0.1) is 0 Å². The summed E-state index contributed by atoms with van der Waals surface area (Å²) in [5, 5.41) is 6.03. The average Bonchev–Trinajstić information content (AvgIpc) is 2.64. The van der Waals surface area contributed by atoms with Gasteiger partial charge in [-0.3, -0.25) is 5.10 Å². The maximum atomic E-state index is 12.0. The van der Waals surface area contributed by atoms with Crippen molar-refractivity contribution in [3.8, 4) is 0 Å². The van der Waals surface area contributed by atoms with Crippen LogP contribution in [0.3, 0.4) is 0 Å². The number of hydrogen-bond acceptors (Lipinski definition) is 5. The highest BCUT2D eigenvalue weighted by atomic mass is 32.2. The van der Waals surface area contributed by atoms with Gasteiger partial charge in [0.25, 0.3) is 0 Å². The summed E-state index contributed by atoms with van der Waals surface area (Å²) in [5.74, 6) is 0.0734. The zero-order valence-electron chi connectivity index (χ0n) is 9.56. The van der Waals surface area contributed by atoms with Crippen molar-refractivity contribution < 1.29 is 8.42 Å². The number of nitrogens with two attached hydrogens (primary N) is 1. The molecule has 1 fully saturated rings. The first kappa shape index (κ1) is 12.7. The molecule has 4 N–H and O–H groups in total. The minimum atomic E-state index is -3.55. The van der Waals surface area contributed by atoms with Crippen LogP contribution in [0.2, 0.25) is 0 Å². The van der Waals surface area contributed by atoms with Gasteiger partial charge in [0.05, 0.1) is 6.20 Å². The Kier molecular flexibility index (Phi) is 3.37. The molecule has 1 aliphatic carbocycles. The van der Waals surface area contributed by atoms with Crippen LogP contribution in [0.15, 0.2) is 11.1 Å². The Bertz CT molecular complexity index is 487. The lowest BCUT2D eigenvalue weighted by Gasteiger charge is -2.40. The molecule has 1 aliphatic rings. The third kappa shape index (κ3) is 2.43. The normalized spacial score (nSPS) is 18.9. The summed E-state index contributed by atoms with van der Waals surface area (Å²) in [6.45, 7) is 0.446. The maximum Gasteiger partial charge on any atom is 0.245 e. The molecule has 0 spiro atoms. The van der Waals surface area contributed by atoms with Crippen molar-refractivity contribution in [3.63, 3.8) is 0 Å². The number of rotatable bonds is 5. The Morgan fingerprint density at radius 2 is 2.35 bits per heavy atom. The summed E-state index contributed by atoms with van der Waals surface area (Å²) in [4.78, 5) is 0.0214. The molecule has 8 heteroatoms. The zero-order chi connectivity index (χ0) is 12.5. The van der Waals surface area contributed by atoms with Crippen LogP contribution in [0.4, 0.5) is 5.82 Å². The third-order valence-electron chi connectivity index (χ3n) is 3.20. The number of nitrogen functional groups attached to an aromatic ring is 1. The minimum Gasteiger partial charge on any atom is -0.383 e. The van der Waals surface area contributed by atoms with Crippen LogP contribution in [-0.4, -0.2) is 36.2 Å². The number of H-pyrrole nitrogens is 1. The second-order valence-corrected chi connectivity index (χ2v) is 7.22. The van der Waals surface area contributed by atoms with Gasteiger partial charge in [0.2, 0.25) is 10.0 Å². The van der Waals surface area contributed by atoms with E-state index in [9.17, 15) is 8.42 Å². The third-order valence-corrected chi connectivity index (χ3v) is 6.05. The molecule has 1 aromatic rings. The van der Waals surface area contributed by atoms with Gasteiger partial charge < -0.3 is 5.73 Å². The standard InChI is InChI=1S/C9H16N4O2S2/c1-16-9(3-2-4-9)6-12-17(14,15)7-5-11-13-8(7)10/h5,12H,2-4,6H2,1H3,(H3,10,11,13). The molecule has 96 valence electrons. The smallest absolute Gasteiger partial charge is 0.245 e. The van der Waals surface area contributed by atoms with Crippen LogP contribution in [0.5, 0.6) is 0 Å². The quantitative estimate of drug-likeness (QED) is 0.729. The Morgan fingerprint density at radius 1 is 1.65 bits per heavy atom. The van der Waals surface area contributed by atoms with Crippen LogP contribution >= 0.6 is 11.8 Å². The molecular formula is C9H16N4O2S2. The van der Waals surface area contributed by atoms with Gasteiger partial charge in [-0.1, -0.05) is 6.42 Å². The number of sulfonamides is 1. The van der Waals surface area contributed by atoms with Crippen LogP contribution in [0.1, 0.15) is 19.3 Å². The van der Waals surface area contributed by atoms with E-state index in [0.717, 1.165) is 19.3 Å². The predicted molar refractivity (Wildman–Crippen MR) is 68.3 cm³/mol. The molecule has 1 heterocycles. The van der Waals surface area contributed by atoms with Gasteiger partial charge in [-0.25, -0.2) is 13.1 Å². The van der Waals surface area contributed by atoms with Crippen LogP contribution in [0.25, 0.3) is 0 Å². The van der Waals surface area contributed by atoms with Gasteiger partial charge in [0.1, 0.15) is 10.7 Å². The lowest BCUT2D eigenvalue weighted by molar-refractivity contribution is 0.362. The van der Waals surface area contributed by atoms with Crippen molar-refractivity contribution >= 4 is 27.6 Å². The van der Waals surface area contributed by atoms with Crippen molar-refractivity contribution in [1.29, 1.82) is 0 Å². The van der Waals surface area contributed by atoms with E-state index in [-0.39, 0.29) is 15.5 Å². The summed E-state index contributed by atoms with van der Waals surface area (Å²) >= 11 is 1.72. The van der Waals surface area contributed by atoms with Gasteiger partial charge in [0, 0.05) is 11.3 Å². The highest BCUT2D eigenvalue weighted by Gasteiger charge is 2.37. The maximum absolute atomic E-state index is 12.0. The van der Waals surface area contributed by atoms with Gasteiger partial charge in [-0.15, -0.1) is 0 Å². The average molecular weight is 276 g/mol. The molecule has 0 aromatic carbocycles. The van der Waals surface area contributed by atoms with Crippen molar-refractivity contribution in [2.75, 3.05) is 18.5 Å². The fraction of sp³-hybridized carbons (Fsp3) is 0.667. The Hall–Kier alpha value is -0.730. The van der Waals surface area contributed by atoms with Crippen molar-refractivity contribution in [2.45, 2.75) is 28.9 Å². The molecule has 0 bridgehead atoms. The zero-order valence-corrected chi connectivity index (χ0v) is 11.2. The molecule has 1 saturated carbocycles. The van der Waals surface area contributed by atoms with Gasteiger partial charge in [0.15, 0.2) is 0 Å². The van der Waals surface area contributed by atoms with Gasteiger partial charge >= 0.3 is 0 Å². The van der Waals surface area contributed by atoms with Crippen molar-refractivity contribution in [3.05, 3.63) is 6.20 Å². The highest BCUT2D eigenvalue weighted by molar-refractivity contribution is 8.00. The number of nitrogens with zero attached hydrogens (tertiary/aromatic N) is 1. The number of hydrogen-bond donors (Lipinski definition) is 3. The fourth-order valence-corrected chi connectivity index (χ4v) is 3.98. The SMILES string of the molecule is CSC1(CNS(=O)(=O)c2cn[nH]c2N)CCC1. The summed E-state index contributed by atoms with van der Waals surface area (Å²) in [6, 6.07) is 0. The number of thioether (sulfide) groups is 1. The van der Waals surface area contributed by atoms with E-state index >= 15 is 0 Å². The molecule has 0 atom stereocenters. The van der Waals surface area contributed by atoms with E-state index in [1.54, 1.807) is 11.8 Å². The lowest BCUT2D eigenvalue weighted by atomic mass is 9.84. The highest BCUT2D eigenvalue weighted by Crippen LogP contribution is 2.42. The molecular weight excluding hydrogens is 260 g/mol. The molecule has 0 unspecified atom stereocenters. The Labute approximate surface area is 105 Å². The predicted octanol–water partition coefficient (Wildman–Crippen LogP) is 0.556. The van der Waals surface area contributed by atoms with E-state index < -0.39 is 10.0 Å². The number of aromatic nitrogens is 2. The molecule has 0 aliphatic heterocycles. The van der Waals surface area contributed by atoms with E-state index in [2.05, 4.69) is 14.9 Å². The second kappa shape index (κ2) is 4.51. The van der Waals surface area contributed by atoms with Crippen LogP contribution < -0.4 is 10.5 Å². The molecule has 17 heavy (non-hydrogen) atoms. The molecule has 1 aromatic heterocycles. The Morgan fingerprint density at radius 3 is 2.76 bits per heavy atom. The first-order valence-corrected chi connectivity index (χ1v) is 8.04. The van der Waals surface area contributed by atoms with E-state index in [1.165, 1.54) is 6.20 Å². The summed E-state index contributed by atoms with van der Waals surface area (Å²) < 4.78 is 26.6. The van der Waals surface area contributed by atoms with Crippen molar-refractivity contribution in [1.82, 2.24) is 14.9 Å². The Balaban J connectivity index is 2.06. The lowest BCUT2D eigenvalue weighted by Crippen LogP contribution is -2.45. The molecule has 0 amide bonds. The number of aromatic amines is 1. The first-order valence-electron chi connectivity index (χ1n) is 5.33. The molecule has 0 radical (unpaired) electrons. The van der Waals surface area contributed by atoms with E-state index in [4.69, 9.17) is 5.73 Å².